The van der Waals surface area contributed by atoms with E-state index in [9.17, 15) is 9.59 Å². The second-order valence-electron chi connectivity index (χ2n) is 5.85. The predicted molar refractivity (Wildman–Crippen MR) is 95.6 cm³/mol. The highest BCUT2D eigenvalue weighted by atomic mass is 16.5. The molecule has 0 aromatic heterocycles. The zero-order valence-corrected chi connectivity index (χ0v) is 14.4. The SMILES string of the molecule is O=C(CCCCCC(=O)OCc1ccccc1)OCc1ccccc1. The number of carbonyl (C=O) groups is 2. The molecule has 0 atom stereocenters. The molecule has 4 nitrogen and oxygen atoms in total. The van der Waals surface area contributed by atoms with Crippen LogP contribution in [-0.2, 0) is 32.3 Å². The minimum Gasteiger partial charge on any atom is -0.461 e. The second kappa shape index (κ2) is 11.0. The molecule has 25 heavy (non-hydrogen) atoms. The first-order chi connectivity index (χ1) is 12.2. The number of benzene rings is 2. The molecule has 0 saturated carbocycles. The molecule has 0 spiro atoms. The van der Waals surface area contributed by atoms with Gasteiger partial charge >= 0.3 is 11.9 Å². The van der Waals surface area contributed by atoms with Gasteiger partial charge in [0, 0.05) is 12.8 Å². The van der Waals surface area contributed by atoms with E-state index in [1.165, 1.54) is 0 Å². The molecule has 0 aliphatic rings. The van der Waals surface area contributed by atoms with Crippen LogP contribution in [0, 0.1) is 0 Å². The van der Waals surface area contributed by atoms with Crippen molar-refractivity contribution in [2.75, 3.05) is 0 Å². The number of carbonyl (C=O) groups excluding carboxylic acids is 2. The van der Waals surface area contributed by atoms with Crippen LogP contribution in [0.3, 0.4) is 0 Å². The minimum atomic E-state index is -0.199. The lowest BCUT2D eigenvalue weighted by molar-refractivity contribution is -0.145. The van der Waals surface area contributed by atoms with Crippen LogP contribution in [0.4, 0.5) is 0 Å². The Hall–Kier alpha value is -2.62. The van der Waals surface area contributed by atoms with E-state index in [2.05, 4.69) is 0 Å². The Morgan fingerprint density at radius 1 is 0.600 bits per heavy atom. The third-order valence-electron chi connectivity index (χ3n) is 3.75. The fourth-order valence-corrected chi connectivity index (χ4v) is 2.34. The highest BCUT2D eigenvalue weighted by molar-refractivity contribution is 5.70. The monoisotopic (exact) mass is 340 g/mol. The minimum absolute atomic E-state index is 0.199. The van der Waals surface area contributed by atoms with E-state index in [0.29, 0.717) is 26.1 Å². The van der Waals surface area contributed by atoms with Crippen LogP contribution in [0.15, 0.2) is 60.7 Å². The Morgan fingerprint density at radius 3 is 1.40 bits per heavy atom. The molecule has 0 bridgehead atoms. The quantitative estimate of drug-likeness (QED) is 0.474. The molecule has 4 heteroatoms. The highest BCUT2D eigenvalue weighted by Crippen LogP contribution is 2.08. The highest BCUT2D eigenvalue weighted by Gasteiger charge is 2.06. The zero-order valence-electron chi connectivity index (χ0n) is 14.4. The summed E-state index contributed by atoms with van der Waals surface area (Å²) in [5.41, 5.74) is 1.97. The molecule has 0 aliphatic heterocycles. The molecular formula is C21H24O4. The van der Waals surface area contributed by atoms with Gasteiger partial charge < -0.3 is 9.47 Å². The Bertz CT molecular complexity index is 580. The van der Waals surface area contributed by atoms with Crippen molar-refractivity contribution in [3.63, 3.8) is 0 Å². The van der Waals surface area contributed by atoms with E-state index in [4.69, 9.17) is 9.47 Å². The molecule has 0 aliphatic carbocycles. The standard InChI is InChI=1S/C21H24O4/c22-20(24-16-18-10-4-1-5-11-18)14-8-3-9-15-21(23)25-17-19-12-6-2-7-13-19/h1-2,4-7,10-13H,3,8-9,14-17H2. The summed E-state index contributed by atoms with van der Waals surface area (Å²) >= 11 is 0. The van der Waals surface area contributed by atoms with E-state index < -0.39 is 0 Å². The van der Waals surface area contributed by atoms with Gasteiger partial charge in [-0.15, -0.1) is 0 Å². The Kier molecular flexibility index (Phi) is 8.25. The van der Waals surface area contributed by atoms with Gasteiger partial charge in [-0.25, -0.2) is 0 Å². The third-order valence-corrected chi connectivity index (χ3v) is 3.75. The summed E-state index contributed by atoms with van der Waals surface area (Å²) in [4.78, 5) is 23.3. The Balaban J connectivity index is 1.48. The fraction of sp³-hybridized carbons (Fsp3) is 0.333. The van der Waals surface area contributed by atoms with E-state index in [1.807, 2.05) is 60.7 Å². The Labute approximate surface area is 148 Å². The van der Waals surface area contributed by atoms with E-state index >= 15 is 0 Å². The van der Waals surface area contributed by atoms with Crippen LogP contribution in [0.25, 0.3) is 0 Å². The van der Waals surface area contributed by atoms with Crippen molar-refractivity contribution in [1.82, 2.24) is 0 Å². The van der Waals surface area contributed by atoms with Gasteiger partial charge in [0.2, 0.25) is 0 Å². The topological polar surface area (TPSA) is 52.6 Å². The van der Waals surface area contributed by atoms with E-state index in [1.54, 1.807) is 0 Å². The van der Waals surface area contributed by atoms with Gasteiger partial charge in [0.1, 0.15) is 13.2 Å². The largest absolute Gasteiger partial charge is 0.461 e. The molecular weight excluding hydrogens is 316 g/mol. The molecule has 2 aromatic rings. The third kappa shape index (κ3) is 8.15. The molecule has 0 fully saturated rings. The van der Waals surface area contributed by atoms with E-state index in [0.717, 1.165) is 30.4 Å². The van der Waals surface area contributed by atoms with Gasteiger partial charge in [-0.1, -0.05) is 67.1 Å². The number of rotatable bonds is 10. The lowest BCUT2D eigenvalue weighted by Gasteiger charge is -2.06. The molecule has 0 radical (unpaired) electrons. The van der Waals surface area contributed by atoms with Crippen LogP contribution in [0.5, 0.6) is 0 Å². The lowest BCUT2D eigenvalue weighted by atomic mass is 10.1. The molecule has 0 N–H and O–H groups in total. The molecule has 0 heterocycles. The number of hydrogen-bond donors (Lipinski definition) is 0. The van der Waals surface area contributed by atoms with E-state index in [-0.39, 0.29) is 11.9 Å². The van der Waals surface area contributed by atoms with Gasteiger partial charge in [-0.3, -0.25) is 9.59 Å². The molecule has 2 rings (SSSR count). The number of hydrogen-bond acceptors (Lipinski definition) is 4. The summed E-state index contributed by atoms with van der Waals surface area (Å²) in [6.45, 7) is 0.622. The van der Waals surface area contributed by atoms with Crippen molar-refractivity contribution >= 4 is 11.9 Å². The van der Waals surface area contributed by atoms with Crippen molar-refractivity contribution in [3.05, 3.63) is 71.8 Å². The summed E-state index contributed by atoms with van der Waals surface area (Å²) < 4.78 is 10.4. The van der Waals surface area contributed by atoms with Crippen LogP contribution in [0.1, 0.15) is 43.2 Å². The van der Waals surface area contributed by atoms with Crippen molar-refractivity contribution in [3.8, 4) is 0 Å². The van der Waals surface area contributed by atoms with Gasteiger partial charge in [-0.2, -0.15) is 0 Å². The second-order valence-corrected chi connectivity index (χ2v) is 5.85. The summed E-state index contributed by atoms with van der Waals surface area (Å²) in [5.74, 6) is -0.397. The maximum absolute atomic E-state index is 11.7. The van der Waals surface area contributed by atoms with Crippen molar-refractivity contribution in [2.45, 2.75) is 45.3 Å². The van der Waals surface area contributed by atoms with Crippen molar-refractivity contribution in [1.29, 1.82) is 0 Å². The first-order valence-corrected chi connectivity index (χ1v) is 8.63. The van der Waals surface area contributed by atoms with Crippen molar-refractivity contribution < 1.29 is 19.1 Å². The predicted octanol–water partition coefficient (Wildman–Crippen LogP) is 4.42. The number of unbranched alkanes of at least 4 members (excludes halogenated alkanes) is 2. The summed E-state index contributed by atoms with van der Waals surface area (Å²) in [6, 6.07) is 19.2. The molecule has 0 amide bonds. The van der Waals surface area contributed by atoms with Crippen LogP contribution in [0.2, 0.25) is 0 Å². The Morgan fingerprint density at radius 2 is 1.00 bits per heavy atom. The summed E-state index contributed by atoms with van der Waals surface area (Å²) in [6.07, 6.45) is 3.01. The average molecular weight is 340 g/mol. The first kappa shape index (κ1) is 18.7. The fourth-order valence-electron chi connectivity index (χ4n) is 2.34. The van der Waals surface area contributed by atoms with Gasteiger partial charge in [0.25, 0.3) is 0 Å². The smallest absolute Gasteiger partial charge is 0.306 e. The van der Waals surface area contributed by atoms with Gasteiger partial charge in [0.15, 0.2) is 0 Å². The number of ether oxygens (including phenoxy) is 2. The zero-order chi connectivity index (χ0) is 17.7. The number of esters is 2. The molecule has 0 unspecified atom stereocenters. The van der Waals surface area contributed by atoms with Crippen LogP contribution < -0.4 is 0 Å². The van der Waals surface area contributed by atoms with Crippen molar-refractivity contribution in [2.24, 2.45) is 0 Å². The molecule has 132 valence electrons. The van der Waals surface area contributed by atoms with Crippen LogP contribution in [-0.4, -0.2) is 11.9 Å². The first-order valence-electron chi connectivity index (χ1n) is 8.63. The maximum atomic E-state index is 11.7. The van der Waals surface area contributed by atoms with Gasteiger partial charge in [-0.05, 0) is 24.0 Å². The lowest BCUT2D eigenvalue weighted by Crippen LogP contribution is -2.06. The normalized spacial score (nSPS) is 10.2. The van der Waals surface area contributed by atoms with Crippen LogP contribution >= 0.6 is 0 Å². The average Bonchev–Trinajstić information content (AvgIpc) is 2.66. The summed E-state index contributed by atoms with van der Waals surface area (Å²) in [7, 11) is 0. The maximum Gasteiger partial charge on any atom is 0.306 e. The molecule has 2 aromatic carbocycles. The summed E-state index contributed by atoms with van der Waals surface area (Å²) in [5, 5.41) is 0. The van der Waals surface area contributed by atoms with Gasteiger partial charge in [0.05, 0.1) is 0 Å². The molecule has 0 saturated heterocycles.